The van der Waals surface area contributed by atoms with E-state index in [1.54, 1.807) is 12.1 Å². The first-order valence-electron chi connectivity index (χ1n) is 5.29. The first-order chi connectivity index (χ1) is 7.65. The summed E-state index contributed by atoms with van der Waals surface area (Å²) in [6.45, 7) is -0.758. The highest BCUT2D eigenvalue weighted by atomic mass is 79.9. The van der Waals surface area contributed by atoms with Crippen molar-refractivity contribution < 1.29 is 13.5 Å². The molecule has 0 radical (unpaired) electrons. The highest BCUT2D eigenvalue weighted by Crippen LogP contribution is 2.21. The number of hydrogen-bond donors (Lipinski definition) is 0. The van der Waals surface area contributed by atoms with E-state index in [2.05, 4.69) is 20.7 Å². The van der Waals surface area contributed by atoms with Crippen molar-refractivity contribution in [3.63, 3.8) is 0 Å². The first-order valence-corrected chi connectivity index (χ1v) is 6.41. The van der Waals surface area contributed by atoms with Crippen molar-refractivity contribution in [2.75, 3.05) is 5.33 Å². The SMILES string of the molecule is CCc1cc(CCCBr)cc(OC(F)F)c1. The third-order valence-corrected chi connectivity index (χ3v) is 2.82. The van der Waals surface area contributed by atoms with Gasteiger partial charge in [-0.1, -0.05) is 28.9 Å². The van der Waals surface area contributed by atoms with Crippen LogP contribution in [0.2, 0.25) is 0 Å². The van der Waals surface area contributed by atoms with Gasteiger partial charge >= 0.3 is 6.61 Å². The van der Waals surface area contributed by atoms with Crippen molar-refractivity contribution in [1.82, 2.24) is 0 Å². The molecule has 1 aromatic carbocycles. The lowest BCUT2D eigenvalue weighted by Gasteiger charge is -2.09. The Labute approximate surface area is 103 Å². The van der Waals surface area contributed by atoms with Crippen LogP contribution in [0.1, 0.15) is 24.5 Å². The molecule has 0 aliphatic rings. The maximum Gasteiger partial charge on any atom is 0.387 e. The van der Waals surface area contributed by atoms with E-state index in [4.69, 9.17) is 0 Å². The second-order valence-corrected chi connectivity index (χ2v) is 4.30. The molecule has 0 aliphatic carbocycles. The summed E-state index contributed by atoms with van der Waals surface area (Å²) < 4.78 is 28.7. The normalized spacial score (nSPS) is 10.8. The number of benzene rings is 1. The minimum atomic E-state index is -2.75. The molecule has 0 amide bonds. The zero-order valence-corrected chi connectivity index (χ0v) is 10.8. The number of halogens is 3. The second-order valence-electron chi connectivity index (χ2n) is 3.51. The topological polar surface area (TPSA) is 9.23 Å². The van der Waals surface area contributed by atoms with Crippen LogP contribution in [-0.2, 0) is 12.8 Å². The first kappa shape index (κ1) is 13.4. The van der Waals surface area contributed by atoms with Gasteiger partial charge in [-0.15, -0.1) is 0 Å². The Morgan fingerprint density at radius 3 is 2.50 bits per heavy atom. The van der Waals surface area contributed by atoms with E-state index >= 15 is 0 Å². The maximum atomic E-state index is 12.1. The lowest BCUT2D eigenvalue weighted by atomic mass is 10.0. The average molecular weight is 293 g/mol. The molecule has 0 bridgehead atoms. The molecule has 0 heterocycles. The fourth-order valence-corrected chi connectivity index (χ4v) is 1.80. The van der Waals surface area contributed by atoms with Crippen molar-refractivity contribution in [3.05, 3.63) is 29.3 Å². The Balaban J connectivity index is 2.82. The van der Waals surface area contributed by atoms with Gasteiger partial charge in [-0.05, 0) is 42.5 Å². The Morgan fingerprint density at radius 1 is 1.25 bits per heavy atom. The van der Waals surface area contributed by atoms with Crippen molar-refractivity contribution in [3.8, 4) is 5.75 Å². The Kier molecular flexibility index (Phi) is 5.74. The minimum absolute atomic E-state index is 0.263. The van der Waals surface area contributed by atoms with Gasteiger partial charge < -0.3 is 4.74 Å². The van der Waals surface area contributed by atoms with E-state index < -0.39 is 6.61 Å². The van der Waals surface area contributed by atoms with Crippen LogP contribution in [0, 0.1) is 0 Å². The fourth-order valence-electron chi connectivity index (χ4n) is 1.52. The monoisotopic (exact) mass is 292 g/mol. The van der Waals surface area contributed by atoms with Crippen LogP contribution in [0.4, 0.5) is 8.78 Å². The largest absolute Gasteiger partial charge is 0.435 e. The second kappa shape index (κ2) is 6.84. The van der Waals surface area contributed by atoms with Crippen LogP contribution in [0.3, 0.4) is 0 Å². The van der Waals surface area contributed by atoms with Gasteiger partial charge in [0.15, 0.2) is 0 Å². The molecule has 1 nitrogen and oxygen atoms in total. The lowest BCUT2D eigenvalue weighted by molar-refractivity contribution is -0.0499. The molecule has 1 aromatic rings. The van der Waals surface area contributed by atoms with Crippen LogP contribution in [-0.4, -0.2) is 11.9 Å². The number of hydrogen-bond acceptors (Lipinski definition) is 1. The Hall–Kier alpha value is -0.640. The summed E-state index contributed by atoms with van der Waals surface area (Å²) >= 11 is 3.35. The highest BCUT2D eigenvalue weighted by molar-refractivity contribution is 9.09. The zero-order valence-electron chi connectivity index (χ0n) is 9.18. The van der Waals surface area contributed by atoms with Gasteiger partial charge in [-0.3, -0.25) is 0 Å². The predicted octanol–water partition coefficient (Wildman–Crippen LogP) is 4.18. The van der Waals surface area contributed by atoms with E-state index in [0.717, 1.165) is 35.7 Å². The summed E-state index contributed by atoms with van der Waals surface area (Å²) in [5.74, 6) is 0.263. The van der Waals surface area contributed by atoms with E-state index in [0.29, 0.717) is 0 Å². The van der Waals surface area contributed by atoms with Gasteiger partial charge in [-0.25, -0.2) is 0 Å². The number of alkyl halides is 3. The molecule has 0 fully saturated rings. The van der Waals surface area contributed by atoms with E-state index in [1.807, 2.05) is 13.0 Å². The standard InChI is InChI=1S/C12H15BrF2O/c1-2-9-6-10(4-3-5-13)8-11(7-9)16-12(14)15/h6-8,12H,2-5H2,1H3. The molecule has 0 spiro atoms. The molecule has 90 valence electrons. The molecule has 0 aromatic heterocycles. The predicted molar refractivity (Wildman–Crippen MR) is 64.6 cm³/mol. The molecule has 0 saturated heterocycles. The van der Waals surface area contributed by atoms with E-state index in [1.165, 1.54) is 0 Å². The van der Waals surface area contributed by atoms with Gasteiger partial charge in [0.05, 0.1) is 0 Å². The van der Waals surface area contributed by atoms with Crippen LogP contribution >= 0.6 is 15.9 Å². The number of rotatable bonds is 6. The molecular weight excluding hydrogens is 278 g/mol. The van der Waals surface area contributed by atoms with E-state index in [-0.39, 0.29) is 5.75 Å². The Morgan fingerprint density at radius 2 is 1.94 bits per heavy atom. The third-order valence-electron chi connectivity index (χ3n) is 2.26. The summed E-state index contributed by atoms with van der Waals surface area (Å²) in [6.07, 6.45) is 2.68. The Bertz CT molecular complexity index is 329. The molecule has 4 heteroatoms. The molecule has 0 N–H and O–H groups in total. The molecule has 0 aliphatic heterocycles. The number of ether oxygens (including phenoxy) is 1. The third kappa shape index (κ3) is 4.47. The van der Waals surface area contributed by atoms with Crippen molar-refractivity contribution in [2.24, 2.45) is 0 Å². The summed E-state index contributed by atoms with van der Waals surface area (Å²) in [7, 11) is 0. The molecule has 0 saturated carbocycles. The molecule has 1 rings (SSSR count). The smallest absolute Gasteiger partial charge is 0.387 e. The maximum absolute atomic E-state index is 12.1. The fraction of sp³-hybridized carbons (Fsp3) is 0.500. The number of aryl methyl sites for hydroxylation is 2. The van der Waals surface area contributed by atoms with Crippen LogP contribution in [0.15, 0.2) is 18.2 Å². The molecular formula is C12H15BrF2O. The van der Waals surface area contributed by atoms with Crippen LogP contribution in [0.5, 0.6) is 5.75 Å². The minimum Gasteiger partial charge on any atom is -0.435 e. The van der Waals surface area contributed by atoms with E-state index in [9.17, 15) is 8.78 Å². The van der Waals surface area contributed by atoms with Crippen LogP contribution in [0.25, 0.3) is 0 Å². The zero-order chi connectivity index (χ0) is 12.0. The quantitative estimate of drug-likeness (QED) is 0.715. The molecule has 0 unspecified atom stereocenters. The van der Waals surface area contributed by atoms with Crippen molar-refractivity contribution in [2.45, 2.75) is 32.8 Å². The van der Waals surface area contributed by atoms with Crippen molar-refractivity contribution >= 4 is 15.9 Å². The molecule has 0 atom stereocenters. The average Bonchev–Trinajstić information content (AvgIpc) is 2.25. The summed E-state index contributed by atoms with van der Waals surface area (Å²) in [5, 5.41) is 0.911. The highest BCUT2D eigenvalue weighted by Gasteiger charge is 2.06. The summed E-state index contributed by atoms with van der Waals surface area (Å²) in [6, 6.07) is 5.40. The summed E-state index contributed by atoms with van der Waals surface area (Å²) in [4.78, 5) is 0. The van der Waals surface area contributed by atoms with Crippen molar-refractivity contribution in [1.29, 1.82) is 0 Å². The van der Waals surface area contributed by atoms with Gasteiger partial charge in [0.25, 0.3) is 0 Å². The summed E-state index contributed by atoms with van der Waals surface area (Å²) in [5.41, 5.74) is 2.08. The van der Waals surface area contributed by atoms with Gasteiger partial charge in [0.2, 0.25) is 0 Å². The van der Waals surface area contributed by atoms with Crippen LogP contribution < -0.4 is 4.74 Å². The lowest BCUT2D eigenvalue weighted by Crippen LogP contribution is -2.03. The molecule has 16 heavy (non-hydrogen) atoms. The van der Waals surface area contributed by atoms with Gasteiger partial charge in [0, 0.05) is 5.33 Å². The van der Waals surface area contributed by atoms with Gasteiger partial charge in [0.1, 0.15) is 5.75 Å². The van der Waals surface area contributed by atoms with Gasteiger partial charge in [-0.2, -0.15) is 8.78 Å².